The third kappa shape index (κ3) is 14.6. The minimum atomic E-state index is -1.24. The van der Waals surface area contributed by atoms with Crippen LogP contribution < -0.4 is 10.6 Å². The Bertz CT molecular complexity index is 1410. The van der Waals surface area contributed by atoms with Gasteiger partial charge in [-0.05, 0) is 65.2 Å². The minimum Gasteiger partial charge on any atom is -0.458 e. The lowest BCUT2D eigenvalue weighted by Crippen LogP contribution is -2.55. The molecule has 0 radical (unpaired) electrons. The number of alkyl carbamates (subject to hydrolysis) is 1. The van der Waals surface area contributed by atoms with Gasteiger partial charge >= 0.3 is 12.1 Å². The summed E-state index contributed by atoms with van der Waals surface area (Å²) < 4.78 is 11.2. The molecule has 2 aromatic rings. The van der Waals surface area contributed by atoms with E-state index in [1.807, 2.05) is 30.3 Å². The molecule has 9 nitrogen and oxygen atoms in total. The zero-order valence-corrected chi connectivity index (χ0v) is 31.1. The molecule has 49 heavy (non-hydrogen) atoms. The van der Waals surface area contributed by atoms with Crippen LogP contribution >= 0.6 is 12.6 Å². The molecular weight excluding hydrogens is 639 g/mol. The maximum absolute atomic E-state index is 14.6. The molecule has 0 saturated carbocycles. The van der Waals surface area contributed by atoms with Gasteiger partial charge in [-0.1, -0.05) is 93.5 Å². The van der Waals surface area contributed by atoms with Crippen molar-refractivity contribution in [2.24, 2.45) is 0 Å². The van der Waals surface area contributed by atoms with E-state index in [0.717, 1.165) is 37.7 Å². The van der Waals surface area contributed by atoms with Crippen molar-refractivity contribution in [3.05, 3.63) is 71.3 Å². The van der Waals surface area contributed by atoms with E-state index in [4.69, 9.17) is 15.9 Å². The Morgan fingerprint density at radius 3 is 2.00 bits per heavy atom. The number of hydrogen-bond acceptors (Lipinski definition) is 7. The fourth-order valence-corrected chi connectivity index (χ4v) is 5.50. The van der Waals surface area contributed by atoms with Crippen molar-refractivity contribution in [3.63, 3.8) is 0 Å². The van der Waals surface area contributed by atoms with Gasteiger partial charge in [0, 0.05) is 24.3 Å². The first-order valence-electron chi connectivity index (χ1n) is 17.1. The smallest absolute Gasteiger partial charge is 0.408 e. The van der Waals surface area contributed by atoms with Gasteiger partial charge < -0.3 is 25.0 Å². The highest BCUT2D eigenvalue weighted by Crippen LogP contribution is 2.27. The first kappa shape index (κ1) is 41.2. The summed E-state index contributed by atoms with van der Waals surface area (Å²) in [5.41, 5.74) is 0.0493. The highest BCUT2D eigenvalue weighted by molar-refractivity contribution is 7.80. The lowest BCUT2D eigenvalue weighted by Gasteiger charge is -2.35. The quantitative estimate of drug-likeness (QED) is 0.0728. The Balaban J connectivity index is 2.62. The molecule has 0 heterocycles. The SMILES string of the molecule is C#Cc1ccccc1C(C(=O)NC(Cc1ccccc1)C(=O)OC(C)(C)C)N(CCCCCCCC)C(=O)C(CS)NC(=O)OC(C)(C)C. The third-order valence-electron chi connectivity index (χ3n) is 7.47. The Hall–Kier alpha value is -3.97. The van der Waals surface area contributed by atoms with Gasteiger partial charge in [-0.25, -0.2) is 9.59 Å². The van der Waals surface area contributed by atoms with Crippen LogP contribution in [0.5, 0.6) is 0 Å². The number of carbonyl (C=O) groups is 4. The van der Waals surface area contributed by atoms with Crippen LogP contribution in [-0.4, -0.2) is 64.4 Å². The van der Waals surface area contributed by atoms with Crippen LogP contribution in [0.4, 0.5) is 4.79 Å². The van der Waals surface area contributed by atoms with E-state index >= 15 is 0 Å². The number of amides is 3. The van der Waals surface area contributed by atoms with Gasteiger partial charge in [0.1, 0.15) is 29.3 Å². The molecule has 3 atom stereocenters. The topological polar surface area (TPSA) is 114 Å². The van der Waals surface area contributed by atoms with Gasteiger partial charge in [0.25, 0.3) is 0 Å². The average molecular weight is 694 g/mol. The zero-order chi connectivity index (χ0) is 36.6. The molecule has 2 rings (SSSR count). The van der Waals surface area contributed by atoms with Crippen molar-refractivity contribution < 1.29 is 28.7 Å². The third-order valence-corrected chi connectivity index (χ3v) is 7.83. The second-order valence-corrected chi connectivity index (χ2v) is 14.5. The molecule has 3 amide bonds. The van der Waals surface area contributed by atoms with E-state index in [9.17, 15) is 19.2 Å². The highest BCUT2D eigenvalue weighted by Gasteiger charge is 2.38. The minimum absolute atomic E-state index is 0.0509. The number of nitrogens with zero attached hydrogens (tertiary/aromatic N) is 1. The number of esters is 1. The van der Waals surface area contributed by atoms with E-state index in [1.54, 1.807) is 65.8 Å². The van der Waals surface area contributed by atoms with Gasteiger partial charge in [0.15, 0.2) is 0 Å². The van der Waals surface area contributed by atoms with E-state index in [0.29, 0.717) is 17.5 Å². The maximum Gasteiger partial charge on any atom is 0.408 e. The Morgan fingerprint density at radius 2 is 1.41 bits per heavy atom. The number of benzene rings is 2. The molecule has 0 aliphatic heterocycles. The number of nitrogens with one attached hydrogen (secondary N) is 2. The second kappa shape index (κ2) is 19.9. The molecular formula is C39H55N3O6S. The van der Waals surface area contributed by atoms with Crippen molar-refractivity contribution in [2.45, 2.75) is 123 Å². The lowest BCUT2D eigenvalue weighted by atomic mass is 9.96. The molecule has 0 saturated heterocycles. The fourth-order valence-electron chi connectivity index (χ4n) is 5.25. The molecule has 0 fully saturated rings. The summed E-state index contributed by atoms with van der Waals surface area (Å²) in [4.78, 5) is 56.8. The van der Waals surface area contributed by atoms with E-state index in [2.05, 4.69) is 36.1 Å². The summed E-state index contributed by atoms with van der Waals surface area (Å²) >= 11 is 4.40. The van der Waals surface area contributed by atoms with Crippen molar-refractivity contribution in [2.75, 3.05) is 12.3 Å². The van der Waals surface area contributed by atoms with Gasteiger partial charge in [-0.2, -0.15) is 12.6 Å². The largest absolute Gasteiger partial charge is 0.458 e. The van der Waals surface area contributed by atoms with Crippen LogP contribution in [0.3, 0.4) is 0 Å². The summed E-state index contributed by atoms with van der Waals surface area (Å²) in [6, 6.07) is 12.8. The zero-order valence-electron chi connectivity index (χ0n) is 30.2. The van der Waals surface area contributed by atoms with Gasteiger partial charge in [-0.15, -0.1) is 6.42 Å². The summed E-state index contributed by atoms with van der Waals surface area (Å²) in [6.45, 7) is 12.8. The summed E-state index contributed by atoms with van der Waals surface area (Å²) in [7, 11) is 0. The number of rotatable bonds is 17. The summed E-state index contributed by atoms with van der Waals surface area (Å²) in [6.07, 6.45) is 11.0. The lowest BCUT2D eigenvalue weighted by molar-refractivity contribution is -0.159. The van der Waals surface area contributed by atoms with Crippen LogP contribution in [0.1, 0.15) is 110 Å². The van der Waals surface area contributed by atoms with Gasteiger partial charge in [0.05, 0.1) is 0 Å². The molecule has 2 N–H and O–H groups in total. The van der Waals surface area contributed by atoms with Crippen molar-refractivity contribution >= 4 is 36.5 Å². The van der Waals surface area contributed by atoms with Crippen LogP contribution in [0.15, 0.2) is 54.6 Å². The number of unbranched alkanes of at least 4 members (excludes halogenated alkanes) is 5. The van der Waals surface area contributed by atoms with E-state index in [1.165, 1.54) is 4.90 Å². The standard InChI is InChI=1S/C39H55N3O6S/c1-9-11-12-13-14-20-25-42(35(44)32(27-49)41-37(46)48-39(6,7)8)33(30-24-19-18-23-29(30)10-2)34(43)40-31(36(45)47-38(3,4)5)26-28-21-16-15-17-22-28/h2,15-19,21-24,31-33,49H,9,11-14,20,25-27H2,1,3-8H3,(H,40,43)(H,41,46). The van der Waals surface area contributed by atoms with Crippen LogP contribution in [0.2, 0.25) is 0 Å². The second-order valence-electron chi connectivity index (χ2n) is 14.1. The fraction of sp³-hybridized carbons (Fsp3) is 0.538. The number of ether oxygens (including phenoxy) is 2. The molecule has 0 aliphatic carbocycles. The first-order valence-corrected chi connectivity index (χ1v) is 17.8. The van der Waals surface area contributed by atoms with Crippen molar-refractivity contribution in [3.8, 4) is 12.3 Å². The van der Waals surface area contributed by atoms with Gasteiger partial charge in [0.2, 0.25) is 11.8 Å². The number of thiol groups is 1. The van der Waals surface area contributed by atoms with E-state index < -0.39 is 53.2 Å². The Kier molecular flexibility index (Phi) is 16.7. The highest BCUT2D eigenvalue weighted by atomic mass is 32.1. The van der Waals surface area contributed by atoms with Crippen LogP contribution in [-0.2, 0) is 30.3 Å². The van der Waals surface area contributed by atoms with Crippen LogP contribution in [0, 0.1) is 12.3 Å². The number of hydrogen-bond donors (Lipinski definition) is 3. The Labute approximate surface area is 298 Å². The molecule has 0 aromatic heterocycles. The monoisotopic (exact) mass is 693 g/mol. The first-order chi connectivity index (χ1) is 23.1. The average Bonchev–Trinajstić information content (AvgIpc) is 3.03. The van der Waals surface area contributed by atoms with Crippen molar-refractivity contribution in [1.29, 1.82) is 0 Å². The summed E-state index contributed by atoms with van der Waals surface area (Å²) in [5.74, 6) is 0.852. The molecule has 0 spiro atoms. The van der Waals surface area contributed by atoms with E-state index in [-0.39, 0.29) is 18.7 Å². The molecule has 268 valence electrons. The predicted octanol–water partition coefficient (Wildman–Crippen LogP) is 6.79. The summed E-state index contributed by atoms with van der Waals surface area (Å²) in [5, 5.41) is 5.55. The predicted molar refractivity (Wildman–Crippen MR) is 197 cm³/mol. The maximum atomic E-state index is 14.6. The van der Waals surface area contributed by atoms with Crippen molar-refractivity contribution in [1.82, 2.24) is 15.5 Å². The molecule has 0 aliphatic rings. The number of terminal acetylenes is 1. The van der Waals surface area contributed by atoms with Gasteiger partial charge in [-0.3, -0.25) is 9.59 Å². The van der Waals surface area contributed by atoms with Crippen LogP contribution in [0.25, 0.3) is 0 Å². The molecule has 10 heteroatoms. The molecule has 3 unspecified atom stereocenters. The Morgan fingerprint density at radius 1 is 0.816 bits per heavy atom. The molecule has 2 aromatic carbocycles. The molecule has 0 bridgehead atoms. The normalized spacial score (nSPS) is 13.3. The number of carbonyl (C=O) groups excluding carboxylic acids is 4.